The lowest BCUT2D eigenvalue weighted by Gasteiger charge is -2.05. The smallest absolute Gasteiger partial charge is 0.339 e. The Morgan fingerprint density at radius 3 is 2.89 bits per heavy atom. The fourth-order valence-corrected chi connectivity index (χ4v) is 1.87. The summed E-state index contributed by atoms with van der Waals surface area (Å²) in [5.74, 6) is -0.392. The van der Waals surface area contributed by atoms with Gasteiger partial charge in [-0.1, -0.05) is 0 Å². The molecule has 0 N–H and O–H groups in total. The highest BCUT2D eigenvalue weighted by atomic mass is 79.9. The van der Waals surface area contributed by atoms with Crippen molar-refractivity contribution in [2.75, 3.05) is 6.61 Å². The molecule has 0 saturated carbocycles. The lowest BCUT2D eigenvalue weighted by atomic mass is 10.1. The Kier molecular flexibility index (Phi) is 3.99. The second-order valence-corrected chi connectivity index (χ2v) is 4.26. The molecule has 0 amide bonds. The molecule has 0 aliphatic rings. The molecule has 6 heteroatoms. The van der Waals surface area contributed by atoms with Crippen LogP contribution in [-0.4, -0.2) is 27.5 Å². The topological polar surface area (TPSA) is 65.0 Å². The van der Waals surface area contributed by atoms with Crippen LogP contribution in [0.25, 0.3) is 11.3 Å². The number of nitrogens with zero attached hydrogens (tertiary/aromatic N) is 3. The van der Waals surface area contributed by atoms with E-state index in [-0.39, 0.29) is 0 Å². The Bertz CT molecular complexity index is 575. The minimum Gasteiger partial charge on any atom is -0.462 e. The van der Waals surface area contributed by atoms with E-state index in [9.17, 15) is 4.79 Å². The third-order valence-corrected chi connectivity index (χ3v) is 2.77. The number of rotatable bonds is 3. The van der Waals surface area contributed by atoms with Crippen molar-refractivity contribution in [3.63, 3.8) is 0 Å². The van der Waals surface area contributed by atoms with Gasteiger partial charge in [-0.3, -0.25) is 4.98 Å². The Hall–Kier alpha value is -1.82. The van der Waals surface area contributed by atoms with Crippen LogP contribution in [0.3, 0.4) is 0 Å². The third kappa shape index (κ3) is 2.70. The molecule has 0 radical (unpaired) electrons. The molecule has 92 valence electrons. The van der Waals surface area contributed by atoms with E-state index in [4.69, 9.17) is 4.74 Å². The number of pyridine rings is 1. The van der Waals surface area contributed by atoms with Crippen molar-refractivity contribution in [2.45, 2.75) is 6.92 Å². The van der Waals surface area contributed by atoms with Crippen molar-refractivity contribution in [3.05, 3.63) is 41.0 Å². The maximum atomic E-state index is 11.6. The first-order valence-electron chi connectivity index (χ1n) is 5.30. The Labute approximate surface area is 112 Å². The summed E-state index contributed by atoms with van der Waals surface area (Å²) in [6, 6.07) is 1.69. The Balaban J connectivity index is 2.39. The number of halogens is 1. The van der Waals surface area contributed by atoms with Crippen molar-refractivity contribution in [1.82, 2.24) is 15.0 Å². The highest BCUT2D eigenvalue weighted by Crippen LogP contribution is 2.24. The molecule has 0 saturated heterocycles. The van der Waals surface area contributed by atoms with Crippen molar-refractivity contribution in [1.29, 1.82) is 0 Å². The van der Waals surface area contributed by atoms with Crippen LogP contribution in [0.4, 0.5) is 0 Å². The third-order valence-electron chi connectivity index (χ3n) is 2.19. The van der Waals surface area contributed by atoms with Gasteiger partial charge in [-0.25, -0.2) is 14.8 Å². The fraction of sp³-hybridized carbons (Fsp3) is 0.167. The second kappa shape index (κ2) is 5.68. The zero-order valence-corrected chi connectivity index (χ0v) is 11.2. The molecule has 0 fully saturated rings. The van der Waals surface area contributed by atoms with Gasteiger partial charge >= 0.3 is 5.97 Å². The average molecular weight is 308 g/mol. The average Bonchev–Trinajstić information content (AvgIpc) is 2.40. The molecule has 5 nitrogen and oxygen atoms in total. The number of carbonyl (C=O) groups excluding carboxylic acids is 1. The number of esters is 1. The van der Waals surface area contributed by atoms with Crippen LogP contribution >= 0.6 is 15.9 Å². The molecule has 0 spiro atoms. The number of ether oxygens (including phenoxy) is 1. The monoisotopic (exact) mass is 307 g/mol. The van der Waals surface area contributed by atoms with E-state index in [1.54, 1.807) is 25.4 Å². The summed E-state index contributed by atoms with van der Waals surface area (Å²) < 4.78 is 5.67. The Morgan fingerprint density at radius 2 is 2.17 bits per heavy atom. The van der Waals surface area contributed by atoms with E-state index in [1.807, 2.05) is 0 Å². The van der Waals surface area contributed by atoms with Crippen LogP contribution < -0.4 is 0 Å². The van der Waals surface area contributed by atoms with Gasteiger partial charge in [0.15, 0.2) is 0 Å². The summed E-state index contributed by atoms with van der Waals surface area (Å²) in [7, 11) is 0. The van der Waals surface area contributed by atoms with E-state index in [0.717, 1.165) is 10.0 Å². The normalized spacial score (nSPS) is 10.1. The second-order valence-electron chi connectivity index (χ2n) is 3.40. The first-order valence-corrected chi connectivity index (χ1v) is 6.09. The summed E-state index contributed by atoms with van der Waals surface area (Å²) in [5, 5.41) is 0. The van der Waals surface area contributed by atoms with Gasteiger partial charge in [0.1, 0.15) is 6.33 Å². The molecule has 2 rings (SSSR count). The zero-order chi connectivity index (χ0) is 13.0. The van der Waals surface area contributed by atoms with Crippen molar-refractivity contribution in [3.8, 4) is 11.3 Å². The first kappa shape index (κ1) is 12.6. The van der Waals surface area contributed by atoms with Gasteiger partial charge < -0.3 is 4.74 Å². The molecule has 0 aromatic carbocycles. The van der Waals surface area contributed by atoms with Gasteiger partial charge in [-0.05, 0) is 28.9 Å². The molecule has 0 atom stereocenters. The van der Waals surface area contributed by atoms with Gasteiger partial charge in [-0.15, -0.1) is 0 Å². The number of aromatic nitrogens is 3. The highest BCUT2D eigenvalue weighted by molar-refractivity contribution is 9.10. The SMILES string of the molecule is CCOC(=O)c1cncc(-c2ncncc2Br)c1. The van der Waals surface area contributed by atoms with Crippen LogP contribution in [0.5, 0.6) is 0 Å². The van der Waals surface area contributed by atoms with E-state index in [1.165, 1.54) is 12.5 Å². The maximum absolute atomic E-state index is 11.6. The molecule has 2 heterocycles. The summed E-state index contributed by atoms with van der Waals surface area (Å²) in [4.78, 5) is 23.7. The standard InChI is InChI=1S/C12H10BrN3O2/c1-2-18-12(17)9-3-8(4-14-5-9)11-10(13)6-15-7-16-11/h3-7H,2H2,1H3. The molecule has 2 aromatic rings. The number of hydrogen-bond donors (Lipinski definition) is 0. The summed E-state index contributed by atoms with van der Waals surface area (Å²) in [6.07, 6.45) is 6.18. The first-order chi connectivity index (χ1) is 8.72. The summed E-state index contributed by atoms with van der Waals surface area (Å²) >= 11 is 3.36. The Morgan fingerprint density at radius 1 is 1.33 bits per heavy atom. The van der Waals surface area contributed by atoms with Crippen LogP contribution in [-0.2, 0) is 4.74 Å². The summed E-state index contributed by atoms with van der Waals surface area (Å²) in [6.45, 7) is 2.09. The van der Waals surface area contributed by atoms with Gasteiger partial charge in [0.2, 0.25) is 0 Å². The molecule has 18 heavy (non-hydrogen) atoms. The predicted molar refractivity (Wildman–Crippen MR) is 68.9 cm³/mol. The molecular weight excluding hydrogens is 298 g/mol. The minimum absolute atomic E-state index is 0.334. The highest BCUT2D eigenvalue weighted by Gasteiger charge is 2.10. The summed E-state index contributed by atoms with van der Waals surface area (Å²) in [5.41, 5.74) is 1.82. The molecule has 2 aromatic heterocycles. The van der Waals surface area contributed by atoms with E-state index < -0.39 is 5.97 Å². The molecule has 0 aliphatic carbocycles. The number of hydrogen-bond acceptors (Lipinski definition) is 5. The van der Waals surface area contributed by atoms with E-state index >= 15 is 0 Å². The number of carbonyl (C=O) groups is 1. The zero-order valence-electron chi connectivity index (χ0n) is 9.63. The van der Waals surface area contributed by atoms with Crippen molar-refractivity contribution in [2.24, 2.45) is 0 Å². The van der Waals surface area contributed by atoms with Gasteiger partial charge in [0.25, 0.3) is 0 Å². The fourth-order valence-electron chi connectivity index (χ4n) is 1.42. The largest absolute Gasteiger partial charge is 0.462 e. The molecule has 0 aliphatic heterocycles. The van der Waals surface area contributed by atoms with Crippen LogP contribution in [0.1, 0.15) is 17.3 Å². The van der Waals surface area contributed by atoms with Gasteiger partial charge in [0, 0.05) is 24.2 Å². The molecule has 0 bridgehead atoms. The van der Waals surface area contributed by atoms with E-state index in [0.29, 0.717) is 17.9 Å². The quantitative estimate of drug-likeness (QED) is 0.815. The van der Waals surface area contributed by atoms with Gasteiger partial charge in [-0.2, -0.15) is 0 Å². The molecular formula is C12H10BrN3O2. The van der Waals surface area contributed by atoms with Crippen LogP contribution in [0.2, 0.25) is 0 Å². The van der Waals surface area contributed by atoms with Gasteiger partial charge in [0.05, 0.1) is 22.3 Å². The lowest BCUT2D eigenvalue weighted by molar-refractivity contribution is 0.0526. The van der Waals surface area contributed by atoms with Crippen molar-refractivity contribution < 1.29 is 9.53 Å². The predicted octanol–water partition coefficient (Wildman–Crippen LogP) is 2.48. The maximum Gasteiger partial charge on any atom is 0.339 e. The van der Waals surface area contributed by atoms with Crippen molar-refractivity contribution >= 4 is 21.9 Å². The minimum atomic E-state index is -0.392. The van der Waals surface area contributed by atoms with Crippen LogP contribution in [0, 0.1) is 0 Å². The molecule has 0 unspecified atom stereocenters. The van der Waals surface area contributed by atoms with E-state index in [2.05, 4.69) is 30.9 Å². The lowest BCUT2D eigenvalue weighted by Crippen LogP contribution is -2.05. The van der Waals surface area contributed by atoms with Crippen LogP contribution in [0.15, 0.2) is 35.5 Å².